The summed E-state index contributed by atoms with van der Waals surface area (Å²) in [5.41, 5.74) is 1.64. The van der Waals surface area contributed by atoms with Crippen LogP contribution < -0.4 is 9.46 Å². The van der Waals surface area contributed by atoms with Crippen molar-refractivity contribution in [3.8, 4) is 11.8 Å². The lowest BCUT2D eigenvalue weighted by Crippen LogP contribution is -2.27. The van der Waals surface area contributed by atoms with Crippen molar-refractivity contribution in [2.24, 2.45) is 0 Å². The molecule has 0 heterocycles. The first kappa shape index (κ1) is 18.0. The maximum atomic E-state index is 12.5. The average Bonchev–Trinajstić information content (AvgIpc) is 2.53. The first-order chi connectivity index (χ1) is 11.3. The molecule has 0 amide bonds. The molecular weight excluding hydrogens is 324 g/mol. The summed E-state index contributed by atoms with van der Waals surface area (Å²) in [5, 5.41) is 9.31. The number of ether oxygens (including phenoxy) is 1. The lowest BCUT2D eigenvalue weighted by molar-refractivity contribution is 0.242. The molecule has 2 aromatic rings. The van der Waals surface area contributed by atoms with Crippen LogP contribution in [-0.4, -0.2) is 14.5 Å². The third-order valence-corrected chi connectivity index (χ3v) is 4.76. The second-order valence-electron chi connectivity index (χ2n) is 5.73. The van der Waals surface area contributed by atoms with Gasteiger partial charge in [0.2, 0.25) is 10.0 Å². The highest BCUT2D eigenvalue weighted by molar-refractivity contribution is 7.89. The minimum Gasteiger partial charge on any atom is -0.491 e. The summed E-state index contributed by atoms with van der Waals surface area (Å²) in [7, 11) is -3.80. The van der Waals surface area contributed by atoms with Crippen molar-refractivity contribution in [3.05, 3.63) is 59.7 Å². The van der Waals surface area contributed by atoms with Crippen LogP contribution in [0.5, 0.6) is 5.75 Å². The Morgan fingerprint density at radius 1 is 1.04 bits per heavy atom. The number of aryl methyl sites for hydroxylation is 1. The van der Waals surface area contributed by atoms with Crippen LogP contribution in [-0.2, 0) is 10.0 Å². The third kappa shape index (κ3) is 4.57. The molecular formula is C18H20N2O3S. The van der Waals surface area contributed by atoms with Crippen LogP contribution >= 0.6 is 0 Å². The van der Waals surface area contributed by atoms with E-state index in [4.69, 9.17) is 4.74 Å². The zero-order valence-electron chi connectivity index (χ0n) is 13.9. The highest BCUT2D eigenvalue weighted by Crippen LogP contribution is 2.20. The molecule has 6 heteroatoms. The summed E-state index contributed by atoms with van der Waals surface area (Å²) >= 11 is 0. The van der Waals surface area contributed by atoms with Gasteiger partial charge >= 0.3 is 0 Å². The largest absolute Gasteiger partial charge is 0.491 e. The van der Waals surface area contributed by atoms with E-state index in [1.54, 1.807) is 24.3 Å². The monoisotopic (exact) mass is 344 g/mol. The Kier molecular flexibility index (Phi) is 5.60. The van der Waals surface area contributed by atoms with Gasteiger partial charge in [0.15, 0.2) is 0 Å². The molecule has 0 fully saturated rings. The first-order valence-corrected chi connectivity index (χ1v) is 9.05. The molecule has 1 unspecified atom stereocenters. The van der Waals surface area contributed by atoms with E-state index in [0.29, 0.717) is 11.3 Å². The summed E-state index contributed by atoms with van der Waals surface area (Å²) in [4.78, 5) is 0.0889. The maximum Gasteiger partial charge on any atom is 0.242 e. The van der Waals surface area contributed by atoms with E-state index in [1.807, 2.05) is 39.0 Å². The SMILES string of the molecule is Cc1ccc(C(C#N)NS(=O)(=O)c2ccc(OC(C)C)cc2)cc1. The third-order valence-electron chi connectivity index (χ3n) is 3.32. The lowest BCUT2D eigenvalue weighted by Gasteiger charge is -2.14. The Labute approximate surface area is 142 Å². The molecule has 0 radical (unpaired) electrons. The summed E-state index contributed by atoms with van der Waals surface area (Å²) in [6.45, 7) is 5.71. The van der Waals surface area contributed by atoms with Crippen LogP contribution in [0, 0.1) is 18.3 Å². The van der Waals surface area contributed by atoms with Crippen LogP contribution in [0.1, 0.15) is 31.0 Å². The molecule has 0 aliphatic carbocycles. The van der Waals surface area contributed by atoms with Gasteiger partial charge < -0.3 is 4.74 Å². The average molecular weight is 344 g/mol. The fraction of sp³-hybridized carbons (Fsp3) is 0.278. The number of nitriles is 1. The predicted octanol–water partition coefficient (Wildman–Crippen LogP) is 3.33. The molecule has 0 aromatic heterocycles. The number of benzene rings is 2. The number of sulfonamides is 1. The Morgan fingerprint density at radius 3 is 2.12 bits per heavy atom. The Balaban J connectivity index is 2.20. The van der Waals surface area contributed by atoms with E-state index >= 15 is 0 Å². The van der Waals surface area contributed by atoms with Crippen molar-refractivity contribution in [2.75, 3.05) is 0 Å². The van der Waals surface area contributed by atoms with Gasteiger partial charge in [0.25, 0.3) is 0 Å². The van der Waals surface area contributed by atoms with E-state index in [9.17, 15) is 13.7 Å². The van der Waals surface area contributed by atoms with Gasteiger partial charge in [-0.2, -0.15) is 9.98 Å². The molecule has 5 nitrogen and oxygen atoms in total. The standard InChI is InChI=1S/C18H20N2O3S/c1-13(2)23-16-8-10-17(11-9-16)24(21,22)20-18(12-19)15-6-4-14(3)5-7-15/h4-11,13,18,20H,1-3H3. The fourth-order valence-electron chi connectivity index (χ4n) is 2.12. The topological polar surface area (TPSA) is 79.2 Å². The zero-order chi connectivity index (χ0) is 17.7. The highest BCUT2D eigenvalue weighted by atomic mass is 32.2. The molecule has 2 aromatic carbocycles. The van der Waals surface area contributed by atoms with Gasteiger partial charge in [-0.05, 0) is 50.6 Å². The molecule has 24 heavy (non-hydrogen) atoms. The van der Waals surface area contributed by atoms with E-state index in [-0.39, 0.29) is 11.0 Å². The molecule has 0 aliphatic heterocycles. The number of nitrogens with one attached hydrogen (secondary N) is 1. The summed E-state index contributed by atoms with van der Waals surface area (Å²) < 4.78 is 32.9. The van der Waals surface area contributed by atoms with Crippen molar-refractivity contribution in [2.45, 2.75) is 37.8 Å². The van der Waals surface area contributed by atoms with Crippen LogP contribution in [0.15, 0.2) is 53.4 Å². The summed E-state index contributed by atoms with van der Waals surface area (Å²) in [6, 6.07) is 14.3. The van der Waals surface area contributed by atoms with Crippen LogP contribution in [0.25, 0.3) is 0 Å². The Morgan fingerprint density at radius 2 is 1.62 bits per heavy atom. The van der Waals surface area contributed by atoms with Crippen molar-refractivity contribution >= 4 is 10.0 Å². The molecule has 0 saturated carbocycles. The van der Waals surface area contributed by atoms with Gasteiger partial charge in [0.05, 0.1) is 17.1 Å². The second-order valence-corrected chi connectivity index (χ2v) is 7.45. The van der Waals surface area contributed by atoms with Crippen LogP contribution in [0.3, 0.4) is 0 Å². The van der Waals surface area contributed by atoms with Crippen molar-refractivity contribution in [3.63, 3.8) is 0 Å². The molecule has 2 rings (SSSR count). The van der Waals surface area contributed by atoms with E-state index in [1.165, 1.54) is 12.1 Å². The first-order valence-electron chi connectivity index (χ1n) is 7.57. The smallest absolute Gasteiger partial charge is 0.242 e. The molecule has 1 atom stereocenters. The van der Waals surface area contributed by atoms with Crippen molar-refractivity contribution in [1.82, 2.24) is 4.72 Å². The van der Waals surface area contributed by atoms with E-state index < -0.39 is 16.1 Å². The lowest BCUT2D eigenvalue weighted by atomic mass is 10.1. The quantitative estimate of drug-likeness (QED) is 0.872. The minimum atomic E-state index is -3.80. The van der Waals surface area contributed by atoms with E-state index in [2.05, 4.69) is 4.72 Å². The van der Waals surface area contributed by atoms with Gasteiger partial charge in [0.1, 0.15) is 11.8 Å². The van der Waals surface area contributed by atoms with Gasteiger partial charge in [-0.25, -0.2) is 8.42 Å². The van der Waals surface area contributed by atoms with Gasteiger partial charge in [0, 0.05) is 0 Å². The molecule has 0 aliphatic rings. The number of hydrogen-bond donors (Lipinski definition) is 1. The summed E-state index contributed by atoms with van der Waals surface area (Å²) in [6.07, 6.45) is 0.00934. The van der Waals surface area contributed by atoms with E-state index in [0.717, 1.165) is 5.56 Å². The predicted molar refractivity (Wildman–Crippen MR) is 92.1 cm³/mol. The fourth-order valence-corrected chi connectivity index (χ4v) is 3.25. The number of rotatable bonds is 6. The Bertz CT molecular complexity index is 820. The second kappa shape index (κ2) is 7.47. The van der Waals surface area contributed by atoms with Crippen LogP contribution in [0.2, 0.25) is 0 Å². The molecule has 0 spiro atoms. The van der Waals surface area contributed by atoms with Gasteiger partial charge in [-0.15, -0.1) is 0 Å². The number of nitrogens with zero attached hydrogens (tertiary/aromatic N) is 1. The van der Waals surface area contributed by atoms with Crippen molar-refractivity contribution < 1.29 is 13.2 Å². The van der Waals surface area contributed by atoms with Gasteiger partial charge in [-0.3, -0.25) is 0 Å². The minimum absolute atomic E-state index is 0.00934. The molecule has 0 saturated heterocycles. The maximum absolute atomic E-state index is 12.5. The van der Waals surface area contributed by atoms with Crippen LogP contribution in [0.4, 0.5) is 0 Å². The summed E-state index contributed by atoms with van der Waals surface area (Å²) in [5.74, 6) is 0.597. The van der Waals surface area contributed by atoms with Crippen molar-refractivity contribution in [1.29, 1.82) is 5.26 Å². The molecule has 1 N–H and O–H groups in total. The molecule has 126 valence electrons. The highest BCUT2D eigenvalue weighted by Gasteiger charge is 2.21. The Hall–Kier alpha value is -2.36. The zero-order valence-corrected chi connectivity index (χ0v) is 14.7. The van der Waals surface area contributed by atoms with Gasteiger partial charge in [-0.1, -0.05) is 29.8 Å². The normalized spacial score (nSPS) is 12.6. The molecule has 0 bridgehead atoms. The number of hydrogen-bond acceptors (Lipinski definition) is 4.